The van der Waals surface area contributed by atoms with Crippen LogP contribution in [0.15, 0.2) is 231 Å². The Bertz CT molecular complexity index is 3250. The van der Waals surface area contributed by atoms with Crippen LogP contribution in [0, 0.1) is 0 Å². The summed E-state index contributed by atoms with van der Waals surface area (Å²) in [7, 11) is 0. The number of hydrogen-bond acceptors (Lipinski definition) is 3. The molecule has 286 valence electrons. The first-order valence-electron chi connectivity index (χ1n) is 20.6. The van der Waals surface area contributed by atoms with Gasteiger partial charge in [0.05, 0.1) is 11.0 Å². The molecule has 61 heavy (non-hydrogen) atoms. The second-order valence-corrected chi connectivity index (χ2v) is 15.2. The molecule has 4 nitrogen and oxygen atoms in total. The fourth-order valence-electron chi connectivity index (χ4n) is 8.52. The molecule has 0 unspecified atom stereocenters. The van der Waals surface area contributed by atoms with Crippen molar-refractivity contribution in [2.45, 2.75) is 0 Å². The van der Waals surface area contributed by atoms with Gasteiger partial charge in [-0.2, -0.15) is 0 Å². The van der Waals surface area contributed by atoms with Gasteiger partial charge >= 0.3 is 0 Å². The number of benzene rings is 9. The topological polar surface area (TPSA) is 43.6 Å². The van der Waals surface area contributed by atoms with Gasteiger partial charge in [0, 0.05) is 33.2 Å². The summed E-state index contributed by atoms with van der Waals surface area (Å²) in [6.07, 6.45) is 0. The van der Waals surface area contributed by atoms with E-state index in [9.17, 15) is 0 Å². The summed E-state index contributed by atoms with van der Waals surface area (Å²) in [5.74, 6) is 1.88. The number of nitrogens with zero attached hydrogens (tertiary/aromatic N) is 4. The molecule has 0 saturated carbocycles. The first-order chi connectivity index (χ1) is 30.2. The fraction of sp³-hybridized carbons (Fsp3) is 0. The molecule has 0 bridgehead atoms. The molecule has 11 rings (SSSR count). The third-order valence-electron chi connectivity index (χ3n) is 11.5. The molecule has 0 spiro atoms. The minimum Gasteiger partial charge on any atom is -0.309 e. The normalized spacial score (nSPS) is 11.3. The highest BCUT2D eigenvalue weighted by atomic mass is 15.0. The molecular weight excluding hydrogens is 741 g/mol. The van der Waals surface area contributed by atoms with Crippen LogP contribution in [0.2, 0.25) is 0 Å². The molecule has 0 fully saturated rings. The van der Waals surface area contributed by atoms with Crippen LogP contribution >= 0.6 is 0 Å². The highest BCUT2D eigenvalue weighted by molar-refractivity contribution is 6.11. The maximum atomic E-state index is 5.23. The summed E-state index contributed by atoms with van der Waals surface area (Å²) in [5.41, 5.74) is 15.2. The van der Waals surface area contributed by atoms with Gasteiger partial charge in [0.1, 0.15) is 0 Å². The molecule has 0 aliphatic carbocycles. The Balaban J connectivity index is 1.14. The molecule has 9 aromatic carbocycles. The lowest BCUT2D eigenvalue weighted by Gasteiger charge is -2.18. The molecule has 0 aliphatic heterocycles. The third kappa shape index (κ3) is 6.76. The van der Waals surface area contributed by atoms with E-state index in [2.05, 4.69) is 199 Å². The van der Waals surface area contributed by atoms with Gasteiger partial charge in [-0.3, -0.25) is 0 Å². The van der Waals surface area contributed by atoms with Crippen molar-refractivity contribution in [3.8, 4) is 84.4 Å². The summed E-state index contributed by atoms with van der Waals surface area (Å²) in [5, 5.41) is 2.40. The minimum absolute atomic E-state index is 0.618. The van der Waals surface area contributed by atoms with Gasteiger partial charge in [-0.15, -0.1) is 0 Å². The van der Waals surface area contributed by atoms with E-state index in [1.54, 1.807) is 0 Å². The lowest BCUT2D eigenvalue weighted by atomic mass is 9.87. The van der Waals surface area contributed by atoms with E-state index in [1.165, 1.54) is 27.4 Å². The Morgan fingerprint density at radius 1 is 0.246 bits per heavy atom. The molecular formula is C57H38N4. The molecule has 2 aromatic heterocycles. The fourth-order valence-corrected chi connectivity index (χ4v) is 8.52. The monoisotopic (exact) mass is 778 g/mol. The molecule has 0 amide bonds. The zero-order valence-corrected chi connectivity index (χ0v) is 33.2. The maximum absolute atomic E-state index is 5.23. The smallest absolute Gasteiger partial charge is 0.164 e. The Morgan fingerprint density at radius 3 is 1.21 bits per heavy atom. The zero-order valence-electron chi connectivity index (χ0n) is 33.2. The van der Waals surface area contributed by atoms with Crippen molar-refractivity contribution in [3.63, 3.8) is 0 Å². The molecule has 0 aliphatic rings. The van der Waals surface area contributed by atoms with Crippen LogP contribution < -0.4 is 0 Å². The van der Waals surface area contributed by atoms with Crippen molar-refractivity contribution in [2.24, 2.45) is 0 Å². The molecule has 0 radical (unpaired) electrons. The minimum atomic E-state index is 0.618. The number of aromatic nitrogens is 4. The average molecular weight is 779 g/mol. The molecule has 4 heteroatoms. The van der Waals surface area contributed by atoms with Crippen LogP contribution in [0.3, 0.4) is 0 Å². The predicted octanol–water partition coefficient (Wildman–Crippen LogP) is 14.6. The standard InChI is InChI=1S/C57H38N4/c1-6-18-39(19-7-1)40-30-33-46(34-31-40)61-53-29-17-16-28-47(53)51-36-45(32-35-54(51)61)50-37-49(42-22-10-3-11-23-42)52(38-48(50)41-20-8-2-9-21-41)57-59-55(43-24-12-4-13-25-43)58-56(60-57)44-26-14-5-15-27-44/h1-38H. The Hall–Kier alpha value is -8.21. The van der Waals surface area contributed by atoms with E-state index in [0.29, 0.717) is 17.5 Å². The van der Waals surface area contributed by atoms with Crippen LogP contribution in [0.25, 0.3) is 106 Å². The predicted molar refractivity (Wildman–Crippen MR) is 252 cm³/mol. The molecule has 0 atom stereocenters. The summed E-state index contributed by atoms with van der Waals surface area (Å²) in [6.45, 7) is 0. The summed E-state index contributed by atoms with van der Waals surface area (Å²) < 4.78 is 2.38. The van der Waals surface area contributed by atoms with Gasteiger partial charge in [-0.1, -0.05) is 188 Å². The second-order valence-electron chi connectivity index (χ2n) is 15.2. The molecule has 2 heterocycles. The van der Waals surface area contributed by atoms with Gasteiger partial charge in [0.25, 0.3) is 0 Å². The van der Waals surface area contributed by atoms with E-state index in [0.717, 1.165) is 61.3 Å². The van der Waals surface area contributed by atoms with E-state index < -0.39 is 0 Å². The molecule has 11 aromatic rings. The van der Waals surface area contributed by atoms with Crippen LogP contribution in [-0.2, 0) is 0 Å². The number of fused-ring (bicyclic) bond motifs is 3. The Labute approximate surface area is 354 Å². The Morgan fingerprint density at radius 2 is 0.639 bits per heavy atom. The van der Waals surface area contributed by atoms with Gasteiger partial charge < -0.3 is 4.57 Å². The average Bonchev–Trinajstić information content (AvgIpc) is 3.68. The van der Waals surface area contributed by atoms with Crippen molar-refractivity contribution in [1.82, 2.24) is 19.5 Å². The van der Waals surface area contributed by atoms with Crippen molar-refractivity contribution < 1.29 is 0 Å². The first kappa shape index (κ1) is 35.9. The van der Waals surface area contributed by atoms with Gasteiger partial charge in [0.15, 0.2) is 17.5 Å². The quantitative estimate of drug-likeness (QED) is 0.154. The van der Waals surface area contributed by atoms with Crippen LogP contribution in [0.5, 0.6) is 0 Å². The lowest BCUT2D eigenvalue weighted by molar-refractivity contribution is 1.07. The van der Waals surface area contributed by atoms with E-state index in [-0.39, 0.29) is 0 Å². The highest BCUT2D eigenvalue weighted by Gasteiger charge is 2.21. The number of hydrogen-bond donors (Lipinski definition) is 0. The largest absolute Gasteiger partial charge is 0.309 e. The van der Waals surface area contributed by atoms with Gasteiger partial charge in [0.2, 0.25) is 0 Å². The van der Waals surface area contributed by atoms with E-state index in [4.69, 9.17) is 15.0 Å². The lowest BCUT2D eigenvalue weighted by Crippen LogP contribution is -2.02. The molecule has 0 N–H and O–H groups in total. The van der Waals surface area contributed by atoms with Crippen LogP contribution in [0.1, 0.15) is 0 Å². The summed E-state index contributed by atoms with van der Waals surface area (Å²) in [4.78, 5) is 15.5. The van der Waals surface area contributed by atoms with E-state index in [1.807, 2.05) is 36.4 Å². The van der Waals surface area contributed by atoms with Crippen molar-refractivity contribution in [1.29, 1.82) is 0 Å². The number of para-hydroxylation sites is 1. The van der Waals surface area contributed by atoms with Crippen molar-refractivity contribution in [2.75, 3.05) is 0 Å². The van der Waals surface area contributed by atoms with E-state index >= 15 is 0 Å². The zero-order chi connectivity index (χ0) is 40.5. The summed E-state index contributed by atoms with van der Waals surface area (Å²) >= 11 is 0. The van der Waals surface area contributed by atoms with Crippen molar-refractivity contribution >= 4 is 21.8 Å². The second kappa shape index (κ2) is 15.5. The van der Waals surface area contributed by atoms with Gasteiger partial charge in [-0.25, -0.2) is 15.0 Å². The van der Waals surface area contributed by atoms with Crippen molar-refractivity contribution in [3.05, 3.63) is 231 Å². The van der Waals surface area contributed by atoms with Crippen LogP contribution in [-0.4, -0.2) is 19.5 Å². The maximum Gasteiger partial charge on any atom is 0.164 e. The first-order valence-corrected chi connectivity index (χ1v) is 20.6. The number of rotatable bonds is 8. The SMILES string of the molecule is c1ccc(-c2ccc(-n3c4ccccc4c4cc(-c5cc(-c6ccccc6)c(-c6nc(-c7ccccc7)nc(-c7ccccc7)n6)cc5-c5ccccc5)ccc43)cc2)cc1. The van der Waals surface area contributed by atoms with Gasteiger partial charge in [-0.05, 0) is 87.0 Å². The highest BCUT2D eigenvalue weighted by Crippen LogP contribution is 2.44. The molecule has 0 saturated heterocycles. The Kier molecular flexibility index (Phi) is 9.14. The third-order valence-corrected chi connectivity index (χ3v) is 11.5. The van der Waals surface area contributed by atoms with Crippen LogP contribution in [0.4, 0.5) is 0 Å². The summed E-state index contributed by atoms with van der Waals surface area (Å²) in [6, 6.07) is 81.3.